The monoisotopic (exact) mass is 329 g/mol. The molecular weight excluding hydrogens is 320 g/mol. The maximum absolute atomic E-state index is 14.2. The molecule has 0 spiro atoms. The van der Waals surface area contributed by atoms with Gasteiger partial charge in [0.2, 0.25) is 0 Å². The first-order valence-corrected chi connectivity index (χ1v) is 6.52. The van der Waals surface area contributed by atoms with Crippen LogP contribution in [0.15, 0.2) is 24.3 Å². The molecule has 0 aliphatic heterocycles. The molecule has 0 N–H and O–H groups in total. The lowest BCUT2D eigenvalue weighted by Gasteiger charge is -2.12. The van der Waals surface area contributed by atoms with Crippen molar-refractivity contribution in [2.75, 3.05) is 14.2 Å². The fourth-order valence-corrected chi connectivity index (χ4v) is 2.26. The third kappa shape index (κ3) is 2.94. The number of pyridine rings is 1. The standard InChI is InChI=1S/C14H10Cl2FNO3/c1-20-10-5-3-4-7(15)11(10)13-9(17)6-8(16)12(18-13)14(19)21-2/h3-6H,1-2H3. The number of ether oxygens (including phenoxy) is 2. The van der Waals surface area contributed by atoms with Crippen molar-refractivity contribution in [2.24, 2.45) is 0 Å². The van der Waals surface area contributed by atoms with E-state index in [1.54, 1.807) is 18.2 Å². The Balaban J connectivity index is 2.73. The molecule has 7 heteroatoms. The Morgan fingerprint density at radius 1 is 1.24 bits per heavy atom. The van der Waals surface area contributed by atoms with Gasteiger partial charge in [-0.2, -0.15) is 0 Å². The van der Waals surface area contributed by atoms with Crippen LogP contribution in [0.5, 0.6) is 5.75 Å². The summed E-state index contributed by atoms with van der Waals surface area (Å²) >= 11 is 11.9. The first-order chi connectivity index (χ1) is 9.99. The van der Waals surface area contributed by atoms with Crippen molar-refractivity contribution in [1.29, 1.82) is 0 Å². The number of carbonyl (C=O) groups is 1. The second-order valence-electron chi connectivity index (χ2n) is 3.96. The maximum atomic E-state index is 14.2. The van der Waals surface area contributed by atoms with E-state index in [1.807, 2.05) is 0 Å². The van der Waals surface area contributed by atoms with Crippen molar-refractivity contribution in [3.05, 3.63) is 45.8 Å². The fourth-order valence-electron chi connectivity index (χ4n) is 1.79. The zero-order valence-corrected chi connectivity index (χ0v) is 12.6. The number of hydrogen-bond donors (Lipinski definition) is 0. The van der Waals surface area contributed by atoms with Crippen molar-refractivity contribution in [3.8, 4) is 17.0 Å². The van der Waals surface area contributed by atoms with Gasteiger partial charge in [-0.25, -0.2) is 14.2 Å². The van der Waals surface area contributed by atoms with Crippen LogP contribution in [0, 0.1) is 5.82 Å². The zero-order chi connectivity index (χ0) is 15.6. The third-order valence-corrected chi connectivity index (χ3v) is 3.34. The van der Waals surface area contributed by atoms with Crippen LogP contribution in [-0.4, -0.2) is 25.2 Å². The molecule has 4 nitrogen and oxygen atoms in total. The van der Waals surface area contributed by atoms with Gasteiger partial charge in [-0.1, -0.05) is 29.3 Å². The van der Waals surface area contributed by atoms with Crippen molar-refractivity contribution in [1.82, 2.24) is 4.98 Å². The van der Waals surface area contributed by atoms with Crippen molar-refractivity contribution in [2.45, 2.75) is 0 Å². The molecule has 1 aromatic carbocycles. The Hall–Kier alpha value is -1.85. The lowest BCUT2D eigenvalue weighted by atomic mass is 10.1. The van der Waals surface area contributed by atoms with Gasteiger partial charge in [-0.15, -0.1) is 0 Å². The molecule has 1 aromatic heterocycles. The zero-order valence-electron chi connectivity index (χ0n) is 11.1. The third-order valence-electron chi connectivity index (χ3n) is 2.74. The van der Waals surface area contributed by atoms with Crippen LogP contribution < -0.4 is 4.74 Å². The number of halogens is 3. The Morgan fingerprint density at radius 3 is 2.57 bits per heavy atom. The molecule has 0 aliphatic carbocycles. The van der Waals surface area contributed by atoms with Crippen LogP contribution in [0.3, 0.4) is 0 Å². The molecule has 21 heavy (non-hydrogen) atoms. The van der Waals surface area contributed by atoms with Crippen LogP contribution in [0.4, 0.5) is 4.39 Å². The van der Waals surface area contributed by atoms with Gasteiger partial charge in [-0.05, 0) is 18.2 Å². The summed E-state index contributed by atoms with van der Waals surface area (Å²) in [7, 11) is 2.60. The predicted octanol–water partition coefficient (Wildman–Crippen LogP) is 3.99. The summed E-state index contributed by atoms with van der Waals surface area (Å²) in [6.45, 7) is 0. The van der Waals surface area contributed by atoms with E-state index in [2.05, 4.69) is 9.72 Å². The largest absolute Gasteiger partial charge is 0.496 e. The smallest absolute Gasteiger partial charge is 0.358 e. The minimum absolute atomic E-state index is 0.137. The average Bonchev–Trinajstić information content (AvgIpc) is 2.47. The van der Waals surface area contributed by atoms with Gasteiger partial charge in [0.1, 0.15) is 11.4 Å². The first-order valence-electron chi connectivity index (χ1n) is 5.76. The lowest BCUT2D eigenvalue weighted by molar-refractivity contribution is 0.0594. The van der Waals surface area contributed by atoms with Crippen LogP contribution in [0.25, 0.3) is 11.3 Å². The SMILES string of the molecule is COC(=O)c1nc(-c2c(Cl)cccc2OC)c(F)cc1Cl. The van der Waals surface area contributed by atoms with E-state index < -0.39 is 11.8 Å². The van der Waals surface area contributed by atoms with E-state index in [1.165, 1.54) is 14.2 Å². The second-order valence-corrected chi connectivity index (χ2v) is 4.77. The van der Waals surface area contributed by atoms with Crippen LogP contribution in [0.1, 0.15) is 10.5 Å². The average molecular weight is 330 g/mol. The number of hydrogen-bond acceptors (Lipinski definition) is 4. The summed E-state index contributed by atoms with van der Waals surface area (Å²) < 4.78 is 23.9. The highest BCUT2D eigenvalue weighted by molar-refractivity contribution is 6.34. The minimum atomic E-state index is -0.771. The lowest BCUT2D eigenvalue weighted by Crippen LogP contribution is -2.08. The van der Waals surface area contributed by atoms with Crippen molar-refractivity contribution in [3.63, 3.8) is 0 Å². The van der Waals surface area contributed by atoms with Gasteiger partial charge in [0.05, 0.1) is 29.8 Å². The summed E-state index contributed by atoms with van der Waals surface area (Å²) in [6, 6.07) is 5.81. The molecular formula is C14H10Cl2FNO3. The molecule has 0 amide bonds. The van der Waals surface area contributed by atoms with E-state index >= 15 is 0 Å². The molecule has 110 valence electrons. The van der Waals surface area contributed by atoms with Gasteiger partial charge in [0, 0.05) is 0 Å². The Morgan fingerprint density at radius 2 is 1.95 bits per heavy atom. The number of rotatable bonds is 3. The number of esters is 1. The van der Waals surface area contributed by atoms with Gasteiger partial charge in [0.25, 0.3) is 0 Å². The quantitative estimate of drug-likeness (QED) is 0.799. The molecule has 2 aromatic rings. The highest BCUT2D eigenvalue weighted by Gasteiger charge is 2.22. The summed E-state index contributed by atoms with van der Waals surface area (Å²) in [5, 5.41) is 0.0907. The van der Waals surface area contributed by atoms with E-state index in [9.17, 15) is 9.18 Å². The second kappa shape index (κ2) is 6.28. The van der Waals surface area contributed by atoms with Crippen LogP contribution in [-0.2, 0) is 4.74 Å². The molecule has 1 heterocycles. The molecule has 0 unspecified atom stereocenters. The molecule has 0 fully saturated rings. The fraction of sp³-hybridized carbons (Fsp3) is 0.143. The molecule has 0 bridgehead atoms. The molecule has 0 atom stereocenters. The molecule has 0 radical (unpaired) electrons. The van der Waals surface area contributed by atoms with Crippen LogP contribution in [0.2, 0.25) is 10.0 Å². The molecule has 0 saturated heterocycles. The van der Waals surface area contributed by atoms with Crippen molar-refractivity contribution >= 4 is 29.2 Å². The van der Waals surface area contributed by atoms with Gasteiger partial charge in [0.15, 0.2) is 11.5 Å². The molecule has 0 saturated carbocycles. The summed E-state index contributed by atoms with van der Waals surface area (Å²) in [6.07, 6.45) is 0. The topological polar surface area (TPSA) is 48.4 Å². The number of benzene rings is 1. The van der Waals surface area contributed by atoms with Crippen LogP contribution >= 0.6 is 23.2 Å². The molecule has 2 rings (SSSR count). The summed E-state index contributed by atoms with van der Waals surface area (Å²) in [5.74, 6) is -1.17. The summed E-state index contributed by atoms with van der Waals surface area (Å²) in [4.78, 5) is 15.5. The number of carbonyl (C=O) groups excluding carboxylic acids is 1. The Kier molecular flexibility index (Phi) is 4.65. The van der Waals surface area contributed by atoms with E-state index in [0.29, 0.717) is 5.75 Å². The van der Waals surface area contributed by atoms with E-state index in [0.717, 1.165) is 6.07 Å². The summed E-state index contributed by atoms with van der Waals surface area (Å²) in [5.41, 5.74) is -0.0965. The van der Waals surface area contributed by atoms with Gasteiger partial charge < -0.3 is 9.47 Å². The maximum Gasteiger partial charge on any atom is 0.358 e. The minimum Gasteiger partial charge on any atom is -0.496 e. The molecule has 0 aliphatic rings. The Labute approximate surface area is 130 Å². The van der Waals surface area contributed by atoms with Gasteiger partial charge >= 0.3 is 5.97 Å². The van der Waals surface area contributed by atoms with Crippen molar-refractivity contribution < 1.29 is 18.7 Å². The highest BCUT2D eigenvalue weighted by Crippen LogP contribution is 2.37. The van der Waals surface area contributed by atoms with E-state index in [4.69, 9.17) is 27.9 Å². The number of methoxy groups -OCH3 is 2. The Bertz CT molecular complexity index is 707. The normalized spacial score (nSPS) is 10.3. The number of aromatic nitrogens is 1. The van der Waals surface area contributed by atoms with Gasteiger partial charge in [-0.3, -0.25) is 0 Å². The first kappa shape index (κ1) is 15.5. The number of nitrogens with zero attached hydrogens (tertiary/aromatic N) is 1. The predicted molar refractivity (Wildman–Crippen MR) is 77.5 cm³/mol. The van der Waals surface area contributed by atoms with E-state index in [-0.39, 0.29) is 27.0 Å². The highest BCUT2D eigenvalue weighted by atomic mass is 35.5.